The van der Waals surface area contributed by atoms with E-state index >= 15 is 0 Å². The van der Waals surface area contributed by atoms with Crippen molar-refractivity contribution < 1.29 is 9.90 Å². The number of aromatic amines is 1. The summed E-state index contributed by atoms with van der Waals surface area (Å²) in [5, 5.41) is 10.4. The highest BCUT2D eigenvalue weighted by atomic mass is 16.3. The van der Waals surface area contributed by atoms with Crippen molar-refractivity contribution in [1.29, 1.82) is 0 Å². The van der Waals surface area contributed by atoms with Crippen LogP contribution in [0.5, 0.6) is 0 Å². The summed E-state index contributed by atoms with van der Waals surface area (Å²) in [6, 6.07) is 8.36. The summed E-state index contributed by atoms with van der Waals surface area (Å²) < 4.78 is 0. The number of aliphatic hydroxyl groups excluding tert-OH is 1. The van der Waals surface area contributed by atoms with E-state index in [0.29, 0.717) is 19.0 Å². The zero-order valence-corrected chi connectivity index (χ0v) is 12.2. The molecule has 0 bridgehead atoms. The van der Waals surface area contributed by atoms with Crippen molar-refractivity contribution in [3.8, 4) is 0 Å². The maximum absolute atomic E-state index is 12.6. The monoisotopic (exact) mass is 286 g/mol. The van der Waals surface area contributed by atoms with Gasteiger partial charge in [0.15, 0.2) is 0 Å². The smallest absolute Gasteiger partial charge is 0.227 e. The number of carbonyl (C=O) groups excluding carboxylic acids is 1. The molecule has 4 nitrogen and oxygen atoms in total. The molecule has 1 heterocycles. The van der Waals surface area contributed by atoms with Gasteiger partial charge >= 0.3 is 0 Å². The number of nitrogens with zero attached hydrogens (tertiary/aromatic N) is 1. The predicted molar refractivity (Wildman–Crippen MR) is 83.1 cm³/mol. The first-order valence-electron chi connectivity index (χ1n) is 7.75. The number of hydrogen-bond acceptors (Lipinski definition) is 2. The minimum Gasteiger partial charge on any atom is -0.395 e. The van der Waals surface area contributed by atoms with Crippen molar-refractivity contribution in [1.82, 2.24) is 9.88 Å². The molecule has 1 aromatic heterocycles. The largest absolute Gasteiger partial charge is 0.395 e. The minimum absolute atomic E-state index is 0.0378. The predicted octanol–water partition coefficient (Wildman–Crippen LogP) is 2.47. The van der Waals surface area contributed by atoms with Gasteiger partial charge < -0.3 is 15.0 Å². The summed E-state index contributed by atoms with van der Waals surface area (Å²) in [5.74, 6) is 0.126. The van der Waals surface area contributed by atoms with E-state index < -0.39 is 0 Å². The molecule has 4 heteroatoms. The normalized spacial score (nSPS) is 15.7. The molecule has 0 aliphatic heterocycles. The van der Waals surface area contributed by atoms with Crippen LogP contribution in [0.3, 0.4) is 0 Å². The molecule has 1 fully saturated rings. The average molecular weight is 286 g/mol. The Hall–Kier alpha value is -1.81. The molecule has 0 spiro atoms. The Labute approximate surface area is 124 Å². The number of aromatic nitrogens is 1. The number of nitrogens with one attached hydrogen (secondary N) is 1. The molecule has 0 radical (unpaired) electrons. The average Bonchev–Trinajstić information content (AvgIpc) is 3.15. The van der Waals surface area contributed by atoms with Crippen LogP contribution >= 0.6 is 0 Å². The van der Waals surface area contributed by atoms with E-state index in [0.717, 1.165) is 29.3 Å². The summed E-state index contributed by atoms with van der Waals surface area (Å²) in [7, 11) is 0. The fourth-order valence-corrected chi connectivity index (χ4v) is 3.38. The van der Waals surface area contributed by atoms with Crippen LogP contribution in [-0.4, -0.2) is 40.1 Å². The van der Waals surface area contributed by atoms with Gasteiger partial charge in [-0.2, -0.15) is 0 Å². The molecule has 1 aliphatic carbocycles. The fraction of sp³-hybridized carbons (Fsp3) is 0.471. The molecular weight excluding hydrogens is 264 g/mol. The second-order valence-electron chi connectivity index (χ2n) is 5.79. The van der Waals surface area contributed by atoms with Gasteiger partial charge in [0.2, 0.25) is 5.91 Å². The fourth-order valence-electron chi connectivity index (χ4n) is 3.38. The lowest BCUT2D eigenvalue weighted by Gasteiger charge is -2.28. The van der Waals surface area contributed by atoms with Crippen LogP contribution in [0.4, 0.5) is 0 Å². The summed E-state index contributed by atoms with van der Waals surface area (Å²) >= 11 is 0. The first-order chi connectivity index (χ1) is 10.3. The van der Waals surface area contributed by atoms with E-state index in [2.05, 4.69) is 4.98 Å². The van der Waals surface area contributed by atoms with E-state index in [1.165, 1.54) is 12.8 Å². The third-order valence-electron chi connectivity index (χ3n) is 4.44. The van der Waals surface area contributed by atoms with E-state index in [9.17, 15) is 9.90 Å². The van der Waals surface area contributed by atoms with Crippen LogP contribution < -0.4 is 0 Å². The molecular formula is C17H22N2O2. The number of benzene rings is 1. The molecule has 1 aromatic carbocycles. The summed E-state index contributed by atoms with van der Waals surface area (Å²) in [6.45, 7) is 0.488. The van der Waals surface area contributed by atoms with Gasteiger partial charge in [-0.25, -0.2) is 0 Å². The van der Waals surface area contributed by atoms with E-state index in [1.54, 1.807) is 0 Å². The molecule has 1 amide bonds. The van der Waals surface area contributed by atoms with E-state index in [-0.39, 0.29) is 12.5 Å². The van der Waals surface area contributed by atoms with Gasteiger partial charge in [-0.05, 0) is 24.5 Å². The number of carbonyl (C=O) groups is 1. The third kappa shape index (κ3) is 2.95. The number of rotatable bonds is 5. The highest BCUT2D eigenvalue weighted by molar-refractivity contribution is 5.89. The van der Waals surface area contributed by atoms with Crippen molar-refractivity contribution >= 4 is 16.8 Å². The molecule has 3 rings (SSSR count). The number of para-hydroxylation sites is 1. The maximum atomic E-state index is 12.6. The Kier molecular flexibility index (Phi) is 4.25. The van der Waals surface area contributed by atoms with Gasteiger partial charge in [0, 0.05) is 29.7 Å². The summed E-state index contributed by atoms with van der Waals surface area (Å²) in [6.07, 6.45) is 6.84. The highest BCUT2D eigenvalue weighted by Gasteiger charge is 2.26. The molecule has 1 aliphatic rings. The molecule has 1 saturated carbocycles. The van der Waals surface area contributed by atoms with Crippen LogP contribution in [0.2, 0.25) is 0 Å². The van der Waals surface area contributed by atoms with Crippen LogP contribution in [0, 0.1) is 0 Å². The van der Waals surface area contributed by atoms with Crippen LogP contribution in [0.1, 0.15) is 31.2 Å². The first kappa shape index (κ1) is 14.1. The third-order valence-corrected chi connectivity index (χ3v) is 4.44. The summed E-state index contributed by atoms with van der Waals surface area (Å²) in [5.41, 5.74) is 2.10. The van der Waals surface area contributed by atoms with Crippen molar-refractivity contribution in [3.05, 3.63) is 36.0 Å². The topological polar surface area (TPSA) is 56.3 Å². The Morgan fingerprint density at radius 3 is 2.81 bits per heavy atom. The van der Waals surface area contributed by atoms with Gasteiger partial charge in [-0.3, -0.25) is 4.79 Å². The molecule has 2 aromatic rings. The van der Waals surface area contributed by atoms with Gasteiger partial charge in [0.1, 0.15) is 0 Å². The van der Waals surface area contributed by atoms with E-state index in [1.807, 2.05) is 35.4 Å². The van der Waals surface area contributed by atoms with Crippen LogP contribution in [-0.2, 0) is 11.2 Å². The zero-order chi connectivity index (χ0) is 14.7. The Bertz CT molecular complexity index is 614. The zero-order valence-electron chi connectivity index (χ0n) is 12.2. The Balaban J connectivity index is 1.77. The number of hydrogen-bond donors (Lipinski definition) is 2. The van der Waals surface area contributed by atoms with Crippen molar-refractivity contribution in [2.45, 2.75) is 38.1 Å². The minimum atomic E-state index is 0.0378. The van der Waals surface area contributed by atoms with E-state index in [4.69, 9.17) is 0 Å². The quantitative estimate of drug-likeness (QED) is 0.887. The Morgan fingerprint density at radius 2 is 2.05 bits per heavy atom. The molecule has 112 valence electrons. The number of fused-ring (bicyclic) bond motifs is 1. The van der Waals surface area contributed by atoms with Crippen molar-refractivity contribution in [3.63, 3.8) is 0 Å². The lowest BCUT2D eigenvalue weighted by Crippen LogP contribution is -2.41. The number of aliphatic hydroxyl groups is 1. The van der Waals surface area contributed by atoms with Gasteiger partial charge in [-0.1, -0.05) is 31.0 Å². The molecule has 2 N–H and O–H groups in total. The lowest BCUT2D eigenvalue weighted by molar-refractivity contribution is -0.133. The number of H-pyrrole nitrogens is 1. The molecule has 0 atom stereocenters. The second-order valence-corrected chi connectivity index (χ2v) is 5.79. The van der Waals surface area contributed by atoms with Crippen LogP contribution in [0.15, 0.2) is 30.5 Å². The van der Waals surface area contributed by atoms with Gasteiger partial charge in [-0.15, -0.1) is 0 Å². The highest BCUT2D eigenvalue weighted by Crippen LogP contribution is 2.25. The molecule has 0 saturated heterocycles. The van der Waals surface area contributed by atoms with Gasteiger partial charge in [0.25, 0.3) is 0 Å². The molecule has 0 unspecified atom stereocenters. The van der Waals surface area contributed by atoms with Crippen molar-refractivity contribution in [2.75, 3.05) is 13.2 Å². The first-order valence-corrected chi connectivity index (χ1v) is 7.75. The number of amides is 1. The van der Waals surface area contributed by atoms with Crippen LogP contribution in [0.25, 0.3) is 10.9 Å². The summed E-state index contributed by atoms with van der Waals surface area (Å²) in [4.78, 5) is 17.7. The second kappa shape index (κ2) is 6.31. The van der Waals surface area contributed by atoms with Gasteiger partial charge in [0.05, 0.1) is 13.0 Å². The van der Waals surface area contributed by atoms with Crippen molar-refractivity contribution in [2.24, 2.45) is 0 Å². The SMILES string of the molecule is O=C(Cc1c[nH]c2ccccc12)N(CCO)C1CCCC1. The lowest BCUT2D eigenvalue weighted by atomic mass is 10.1. The maximum Gasteiger partial charge on any atom is 0.227 e. The Morgan fingerprint density at radius 1 is 1.29 bits per heavy atom. The molecule has 21 heavy (non-hydrogen) atoms. The standard InChI is InChI=1S/C17H22N2O2/c20-10-9-19(14-5-1-2-6-14)17(21)11-13-12-18-16-8-4-3-7-15(13)16/h3-4,7-8,12,14,18,20H,1-2,5-6,9-11H2.